The molecule has 3 aromatic carbocycles. The van der Waals surface area contributed by atoms with Gasteiger partial charge in [-0.25, -0.2) is 0 Å². The van der Waals surface area contributed by atoms with E-state index in [-0.39, 0.29) is 5.91 Å². The van der Waals surface area contributed by atoms with Crippen molar-refractivity contribution in [3.05, 3.63) is 103 Å². The minimum atomic E-state index is -0.103. The molecule has 0 heterocycles. The van der Waals surface area contributed by atoms with Crippen LogP contribution in [0, 0.1) is 0 Å². The fourth-order valence-corrected chi connectivity index (χ4v) is 2.54. The number of carbonyl (C=O) groups is 1. The highest BCUT2D eigenvalue weighted by molar-refractivity contribution is 5.79. The third-order valence-corrected chi connectivity index (χ3v) is 3.90. The summed E-state index contributed by atoms with van der Waals surface area (Å²) in [6.45, 7) is 3.98. The van der Waals surface area contributed by atoms with E-state index in [0.717, 1.165) is 16.7 Å². The molecule has 0 fully saturated rings. The van der Waals surface area contributed by atoms with Crippen LogP contribution in [-0.4, -0.2) is 5.91 Å². The van der Waals surface area contributed by atoms with Gasteiger partial charge in [-0.15, -0.1) is 0 Å². The highest BCUT2D eigenvalue weighted by atomic mass is 16.2. The van der Waals surface area contributed by atoms with Crippen molar-refractivity contribution < 1.29 is 4.79 Å². The molecule has 0 aliphatic carbocycles. The van der Waals surface area contributed by atoms with E-state index in [1.807, 2.05) is 72.8 Å². The van der Waals surface area contributed by atoms with E-state index >= 15 is 0 Å². The quantitative estimate of drug-likeness (QED) is 0.666. The first-order chi connectivity index (χ1) is 12.2. The number of hydrogen-bond donors (Lipinski definition) is 2. The largest absolute Gasteiger partial charge is 0.299 e. The molecule has 0 radical (unpaired) electrons. The average molecular weight is 328 g/mol. The molecule has 0 aliphatic rings. The van der Waals surface area contributed by atoms with Crippen molar-refractivity contribution in [2.45, 2.75) is 6.42 Å². The van der Waals surface area contributed by atoms with Crippen LogP contribution in [0.1, 0.15) is 11.1 Å². The number of amides is 1. The first-order valence-electron chi connectivity index (χ1n) is 8.16. The molecule has 3 nitrogen and oxygen atoms in total. The van der Waals surface area contributed by atoms with Crippen molar-refractivity contribution in [1.29, 1.82) is 0 Å². The SMILES string of the molecule is C=C(NNC(=O)Cc1ccccc1)c1ccc(-c2ccccc2)cc1. The molecule has 3 aromatic rings. The van der Waals surface area contributed by atoms with Gasteiger partial charge < -0.3 is 0 Å². The molecule has 0 aliphatic heterocycles. The predicted molar refractivity (Wildman–Crippen MR) is 102 cm³/mol. The van der Waals surface area contributed by atoms with Gasteiger partial charge in [-0.05, 0) is 22.3 Å². The maximum absolute atomic E-state index is 12.0. The molecule has 2 N–H and O–H groups in total. The molecule has 0 atom stereocenters. The van der Waals surface area contributed by atoms with Crippen LogP contribution in [0.4, 0.5) is 0 Å². The van der Waals surface area contributed by atoms with E-state index in [1.165, 1.54) is 5.56 Å². The van der Waals surface area contributed by atoms with Crippen LogP contribution in [0.2, 0.25) is 0 Å². The van der Waals surface area contributed by atoms with Gasteiger partial charge in [0.1, 0.15) is 0 Å². The molecule has 3 heteroatoms. The predicted octanol–water partition coefficient (Wildman–Crippen LogP) is 4.19. The molecule has 124 valence electrons. The molecule has 25 heavy (non-hydrogen) atoms. The Morgan fingerprint density at radius 2 is 1.28 bits per heavy atom. The van der Waals surface area contributed by atoms with Gasteiger partial charge in [-0.2, -0.15) is 0 Å². The van der Waals surface area contributed by atoms with Crippen LogP contribution in [-0.2, 0) is 11.2 Å². The summed E-state index contributed by atoms with van der Waals surface area (Å²) >= 11 is 0. The summed E-state index contributed by atoms with van der Waals surface area (Å²) in [5.74, 6) is -0.103. The second-order valence-corrected chi connectivity index (χ2v) is 5.76. The fourth-order valence-electron chi connectivity index (χ4n) is 2.54. The lowest BCUT2D eigenvalue weighted by molar-refractivity contribution is -0.121. The van der Waals surface area contributed by atoms with Crippen molar-refractivity contribution in [1.82, 2.24) is 10.9 Å². The van der Waals surface area contributed by atoms with Crippen LogP contribution in [0.5, 0.6) is 0 Å². The van der Waals surface area contributed by atoms with E-state index in [1.54, 1.807) is 0 Å². The van der Waals surface area contributed by atoms with Crippen molar-refractivity contribution in [3.8, 4) is 11.1 Å². The Bertz CT molecular complexity index is 840. The van der Waals surface area contributed by atoms with Crippen LogP contribution in [0.3, 0.4) is 0 Å². The van der Waals surface area contributed by atoms with Gasteiger partial charge in [0.15, 0.2) is 0 Å². The number of hydrogen-bond acceptors (Lipinski definition) is 2. The molecule has 0 bridgehead atoms. The van der Waals surface area contributed by atoms with Crippen molar-refractivity contribution in [2.24, 2.45) is 0 Å². The summed E-state index contributed by atoms with van der Waals surface area (Å²) in [6.07, 6.45) is 0.327. The molecule has 3 rings (SSSR count). The van der Waals surface area contributed by atoms with Crippen molar-refractivity contribution >= 4 is 11.6 Å². The summed E-state index contributed by atoms with van der Waals surface area (Å²) < 4.78 is 0. The number of hydrazine groups is 1. The first-order valence-corrected chi connectivity index (χ1v) is 8.16. The smallest absolute Gasteiger partial charge is 0.242 e. The molecule has 0 spiro atoms. The number of benzene rings is 3. The first kappa shape index (κ1) is 16.5. The highest BCUT2D eigenvalue weighted by Crippen LogP contribution is 2.20. The third-order valence-electron chi connectivity index (χ3n) is 3.90. The standard InChI is InChI=1S/C22H20N2O/c1-17(23-24-22(25)16-18-8-4-2-5-9-18)19-12-14-21(15-13-19)20-10-6-3-7-11-20/h2-15,23H,1,16H2,(H,24,25). The minimum Gasteiger partial charge on any atom is -0.299 e. The number of rotatable bonds is 6. The number of nitrogens with one attached hydrogen (secondary N) is 2. The third kappa shape index (κ3) is 4.58. The Balaban J connectivity index is 1.55. The second kappa shape index (κ2) is 7.97. The summed E-state index contributed by atoms with van der Waals surface area (Å²) in [7, 11) is 0. The monoisotopic (exact) mass is 328 g/mol. The van der Waals surface area contributed by atoms with Gasteiger partial charge in [-0.1, -0.05) is 91.5 Å². The molecule has 0 aromatic heterocycles. The van der Waals surface area contributed by atoms with Gasteiger partial charge in [0.25, 0.3) is 0 Å². The Kier molecular flexibility index (Phi) is 5.27. The Labute approximate surface area is 148 Å². The summed E-state index contributed by atoms with van der Waals surface area (Å²) in [5.41, 5.74) is 10.4. The number of carbonyl (C=O) groups excluding carboxylic acids is 1. The van der Waals surface area contributed by atoms with Gasteiger partial charge in [0.05, 0.1) is 12.1 Å². The zero-order chi connectivity index (χ0) is 17.5. The van der Waals surface area contributed by atoms with Crippen LogP contribution in [0.25, 0.3) is 16.8 Å². The van der Waals surface area contributed by atoms with Crippen LogP contribution >= 0.6 is 0 Å². The highest BCUT2D eigenvalue weighted by Gasteiger charge is 2.04. The summed E-state index contributed by atoms with van der Waals surface area (Å²) in [6, 6.07) is 27.9. The zero-order valence-corrected chi connectivity index (χ0v) is 13.9. The van der Waals surface area contributed by atoms with Crippen LogP contribution < -0.4 is 10.9 Å². The Hall–Kier alpha value is -3.33. The van der Waals surface area contributed by atoms with E-state index in [4.69, 9.17) is 0 Å². The lowest BCUT2D eigenvalue weighted by Gasteiger charge is -2.12. The zero-order valence-electron chi connectivity index (χ0n) is 13.9. The fraction of sp³-hybridized carbons (Fsp3) is 0.0455. The topological polar surface area (TPSA) is 41.1 Å². The molecular formula is C22H20N2O. The summed E-state index contributed by atoms with van der Waals surface area (Å²) in [5, 5.41) is 0. The van der Waals surface area contributed by atoms with E-state index < -0.39 is 0 Å². The summed E-state index contributed by atoms with van der Waals surface area (Å²) in [4.78, 5) is 12.0. The molecule has 0 saturated carbocycles. The van der Waals surface area contributed by atoms with Crippen molar-refractivity contribution in [2.75, 3.05) is 0 Å². The van der Waals surface area contributed by atoms with Gasteiger partial charge in [0, 0.05) is 0 Å². The normalized spacial score (nSPS) is 10.1. The Morgan fingerprint density at radius 3 is 1.92 bits per heavy atom. The minimum absolute atomic E-state index is 0.103. The Morgan fingerprint density at radius 1 is 0.720 bits per heavy atom. The average Bonchev–Trinajstić information content (AvgIpc) is 2.68. The maximum Gasteiger partial charge on any atom is 0.242 e. The maximum atomic E-state index is 12.0. The van der Waals surface area contributed by atoms with Crippen LogP contribution in [0.15, 0.2) is 91.5 Å². The van der Waals surface area contributed by atoms with Crippen molar-refractivity contribution in [3.63, 3.8) is 0 Å². The van der Waals surface area contributed by atoms with Gasteiger partial charge >= 0.3 is 0 Å². The second-order valence-electron chi connectivity index (χ2n) is 5.76. The lowest BCUT2D eigenvalue weighted by atomic mass is 10.0. The van der Waals surface area contributed by atoms with Gasteiger partial charge in [0.2, 0.25) is 5.91 Å². The lowest BCUT2D eigenvalue weighted by Crippen LogP contribution is -2.36. The molecular weight excluding hydrogens is 308 g/mol. The molecule has 1 amide bonds. The molecule has 0 unspecified atom stereocenters. The van der Waals surface area contributed by atoms with Gasteiger partial charge in [-0.3, -0.25) is 15.6 Å². The molecule has 0 saturated heterocycles. The van der Waals surface area contributed by atoms with E-state index in [2.05, 4.69) is 29.6 Å². The van der Waals surface area contributed by atoms with E-state index in [9.17, 15) is 4.79 Å². The van der Waals surface area contributed by atoms with E-state index in [0.29, 0.717) is 12.1 Å².